The van der Waals surface area contributed by atoms with Gasteiger partial charge in [-0.3, -0.25) is 4.79 Å². The largest absolute Gasteiger partial charge is 0.366 e. The van der Waals surface area contributed by atoms with Crippen LogP contribution in [0.3, 0.4) is 0 Å². The molecule has 2 fully saturated rings. The summed E-state index contributed by atoms with van der Waals surface area (Å²) in [6.45, 7) is 6.09. The van der Waals surface area contributed by atoms with E-state index in [1.807, 2.05) is 11.8 Å². The second-order valence-electron chi connectivity index (χ2n) is 4.37. The summed E-state index contributed by atoms with van der Waals surface area (Å²) in [6.07, 6.45) is 2.62. The molecule has 4 heteroatoms. The number of hydrogen-bond donors (Lipinski definition) is 1. The number of nitrogens with zero attached hydrogens (tertiary/aromatic N) is 1. The van der Waals surface area contributed by atoms with Crippen molar-refractivity contribution in [1.82, 2.24) is 10.2 Å². The van der Waals surface area contributed by atoms with Crippen molar-refractivity contribution in [1.29, 1.82) is 0 Å². The van der Waals surface area contributed by atoms with E-state index in [0.29, 0.717) is 5.92 Å². The number of likely N-dealkylation sites (N-methyl/N-ethyl adjacent to an activating group) is 1. The van der Waals surface area contributed by atoms with E-state index < -0.39 is 0 Å². The fraction of sp³-hybridized carbons (Fsp3) is 0.909. The van der Waals surface area contributed by atoms with Crippen molar-refractivity contribution in [3.05, 3.63) is 0 Å². The molecule has 1 atom stereocenters. The Morgan fingerprint density at radius 1 is 1.47 bits per heavy atom. The summed E-state index contributed by atoms with van der Waals surface area (Å²) in [5.74, 6) is 0.774. The van der Waals surface area contributed by atoms with Crippen molar-refractivity contribution < 1.29 is 9.53 Å². The van der Waals surface area contributed by atoms with E-state index in [-0.39, 0.29) is 18.6 Å². The van der Waals surface area contributed by atoms with Gasteiger partial charge >= 0.3 is 0 Å². The molecule has 0 aliphatic carbocycles. The molecule has 2 aliphatic heterocycles. The van der Waals surface area contributed by atoms with Crippen LogP contribution in [0.25, 0.3) is 0 Å². The zero-order chi connectivity index (χ0) is 10.7. The van der Waals surface area contributed by atoms with E-state index in [1.54, 1.807) is 0 Å². The number of hydrogen-bond acceptors (Lipinski definition) is 3. The summed E-state index contributed by atoms with van der Waals surface area (Å²) in [6, 6.07) is 0. The molecule has 2 heterocycles. The summed E-state index contributed by atoms with van der Waals surface area (Å²) in [5.41, 5.74) is 0. The Morgan fingerprint density at radius 2 is 2.20 bits per heavy atom. The lowest BCUT2D eigenvalue weighted by Crippen LogP contribution is -2.50. The molecular weight excluding hydrogens is 192 g/mol. The maximum atomic E-state index is 11.4. The normalized spacial score (nSPS) is 29.5. The van der Waals surface area contributed by atoms with Crippen molar-refractivity contribution in [2.75, 3.05) is 32.8 Å². The highest BCUT2D eigenvalue weighted by Gasteiger charge is 2.31. The molecule has 0 aromatic heterocycles. The van der Waals surface area contributed by atoms with Crippen molar-refractivity contribution in [2.24, 2.45) is 5.92 Å². The Hall–Kier alpha value is -0.610. The SMILES string of the molecule is CCN1C[C@@H](C2CCNCC2)OCC1=O. The van der Waals surface area contributed by atoms with E-state index in [0.717, 1.165) is 26.2 Å². The van der Waals surface area contributed by atoms with Gasteiger partial charge in [0.25, 0.3) is 0 Å². The Bertz CT molecular complexity index is 227. The quantitative estimate of drug-likeness (QED) is 0.712. The lowest BCUT2D eigenvalue weighted by molar-refractivity contribution is -0.152. The van der Waals surface area contributed by atoms with Crippen LogP contribution in [0.15, 0.2) is 0 Å². The highest BCUT2D eigenvalue weighted by Crippen LogP contribution is 2.22. The van der Waals surface area contributed by atoms with E-state index >= 15 is 0 Å². The van der Waals surface area contributed by atoms with Gasteiger partial charge in [0, 0.05) is 13.1 Å². The zero-order valence-electron chi connectivity index (χ0n) is 9.37. The molecule has 2 saturated heterocycles. The van der Waals surface area contributed by atoms with Crippen molar-refractivity contribution in [3.8, 4) is 0 Å². The van der Waals surface area contributed by atoms with Gasteiger partial charge in [0.05, 0.1) is 6.10 Å². The third kappa shape index (κ3) is 2.49. The maximum Gasteiger partial charge on any atom is 0.248 e. The third-order valence-corrected chi connectivity index (χ3v) is 3.47. The number of ether oxygens (including phenoxy) is 1. The first kappa shape index (κ1) is 10.9. The second-order valence-corrected chi connectivity index (χ2v) is 4.37. The van der Waals surface area contributed by atoms with Gasteiger partial charge in [-0.2, -0.15) is 0 Å². The van der Waals surface area contributed by atoms with Gasteiger partial charge in [-0.25, -0.2) is 0 Å². The van der Waals surface area contributed by atoms with Gasteiger partial charge in [-0.05, 0) is 38.8 Å². The van der Waals surface area contributed by atoms with E-state index in [9.17, 15) is 4.79 Å². The zero-order valence-corrected chi connectivity index (χ0v) is 9.37. The molecule has 0 unspecified atom stereocenters. The number of carbonyl (C=O) groups is 1. The molecule has 1 N–H and O–H groups in total. The molecule has 0 spiro atoms. The van der Waals surface area contributed by atoms with Crippen LogP contribution in [0.4, 0.5) is 0 Å². The Labute approximate surface area is 91.0 Å². The fourth-order valence-corrected chi connectivity index (χ4v) is 2.45. The summed E-state index contributed by atoms with van der Waals surface area (Å²) in [5, 5.41) is 3.35. The average Bonchev–Trinajstić information content (AvgIpc) is 2.31. The van der Waals surface area contributed by atoms with Crippen molar-refractivity contribution in [2.45, 2.75) is 25.9 Å². The molecule has 0 radical (unpaired) electrons. The van der Waals surface area contributed by atoms with E-state index in [4.69, 9.17) is 4.74 Å². The van der Waals surface area contributed by atoms with Gasteiger partial charge in [-0.1, -0.05) is 0 Å². The monoisotopic (exact) mass is 212 g/mol. The number of morpholine rings is 1. The van der Waals surface area contributed by atoms with Crippen LogP contribution >= 0.6 is 0 Å². The molecular formula is C11H20N2O2. The molecule has 0 aromatic rings. The van der Waals surface area contributed by atoms with Crippen LogP contribution in [0.1, 0.15) is 19.8 Å². The van der Waals surface area contributed by atoms with Crippen LogP contribution in [-0.4, -0.2) is 49.7 Å². The minimum Gasteiger partial charge on any atom is -0.366 e. The van der Waals surface area contributed by atoms with Crippen LogP contribution in [-0.2, 0) is 9.53 Å². The summed E-state index contributed by atoms with van der Waals surface area (Å²) in [7, 11) is 0. The first-order valence-corrected chi connectivity index (χ1v) is 5.91. The van der Waals surface area contributed by atoms with Gasteiger partial charge in [-0.15, -0.1) is 0 Å². The minimum atomic E-state index is 0.141. The van der Waals surface area contributed by atoms with Gasteiger partial charge in [0.1, 0.15) is 6.61 Å². The number of rotatable bonds is 2. The smallest absolute Gasteiger partial charge is 0.248 e. The predicted octanol–water partition coefficient (Wildman–Crippen LogP) is 0.233. The predicted molar refractivity (Wildman–Crippen MR) is 57.6 cm³/mol. The molecule has 2 rings (SSSR count). The molecule has 0 saturated carbocycles. The van der Waals surface area contributed by atoms with E-state index in [2.05, 4.69) is 5.32 Å². The third-order valence-electron chi connectivity index (χ3n) is 3.47. The summed E-state index contributed by atoms with van der Waals surface area (Å²) in [4.78, 5) is 13.4. The molecule has 1 amide bonds. The Balaban J connectivity index is 1.89. The molecule has 4 nitrogen and oxygen atoms in total. The van der Waals surface area contributed by atoms with Crippen molar-refractivity contribution >= 4 is 5.91 Å². The number of piperidine rings is 1. The number of carbonyl (C=O) groups excluding carboxylic acids is 1. The maximum absolute atomic E-state index is 11.4. The molecule has 0 aromatic carbocycles. The Morgan fingerprint density at radius 3 is 2.87 bits per heavy atom. The lowest BCUT2D eigenvalue weighted by atomic mass is 9.91. The van der Waals surface area contributed by atoms with Gasteiger partial charge in [0.15, 0.2) is 0 Å². The lowest BCUT2D eigenvalue weighted by Gasteiger charge is -2.37. The average molecular weight is 212 g/mol. The van der Waals surface area contributed by atoms with Crippen LogP contribution < -0.4 is 5.32 Å². The molecule has 86 valence electrons. The first-order valence-electron chi connectivity index (χ1n) is 5.91. The van der Waals surface area contributed by atoms with Gasteiger partial charge < -0.3 is 15.0 Å². The minimum absolute atomic E-state index is 0.141. The number of amides is 1. The number of nitrogens with one attached hydrogen (secondary N) is 1. The topological polar surface area (TPSA) is 41.6 Å². The molecule has 2 aliphatic rings. The Kier molecular flexibility index (Phi) is 3.59. The van der Waals surface area contributed by atoms with Crippen LogP contribution in [0, 0.1) is 5.92 Å². The van der Waals surface area contributed by atoms with Crippen LogP contribution in [0.5, 0.6) is 0 Å². The first-order chi connectivity index (χ1) is 7.31. The summed E-state index contributed by atoms with van der Waals surface area (Å²) >= 11 is 0. The highest BCUT2D eigenvalue weighted by atomic mass is 16.5. The fourth-order valence-electron chi connectivity index (χ4n) is 2.45. The molecule has 0 bridgehead atoms. The van der Waals surface area contributed by atoms with Gasteiger partial charge in [0.2, 0.25) is 5.91 Å². The van der Waals surface area contributed by atoms with Crippen LogP contribution in [0.2, 0.25) is 0 Å². The second kappa shape index (κ2) is 4.94. The van der Waals surface area contributed by atoms with Crippen molar-refractivity contribution in [3.63, 3.8) is 0 Å². The standard InChI is InChI=1S/C11H20N2O2/c1-2-13-7-10(15-8-11(13)14)9-3-5-12-6-4-9/h9-10,12H,2-8H2,1H3/t10-/m0/s1. The molecule has 15 heavy (non-hydrogen) atoms. The summed E-state index contributed by atoms with van der Waals surface area (Å²) < 4.78 is 5.64. The van der Waals surface area contributed by atoms with E-state index in [1.165, 1.54) is 12.8 Å². The highest BCUT2D eigenvalue weighted by molar-refractivity contribution is 5.78.